The second-order valence-electron chi connectivity index (χ2n) is 5.05. The Balaban J connectivity index is 1.86. The molecule has 0 aromatic carbocycles. The molecule has 3 N–H and O–H groups in total. The van der Waals surface area contributed by atoms with E-state index in [2.05, 4.69) is 15.3 Å². The first-order valence-electron chi connectivity index (χ1n) is 7.14. The van der Waals surface area contributed by atoms with E-state index < -0.39 is 5.91 Å². The van der Waals surface area contributed by atoms with E-state index in [4.69, 9.17) is 5.73 Å². The maximum absolute atomic E-state index is 11.4. The van der Waals surface area contributed by atoms with Gasteiger partial charge in [-0.2, -0.15) is 0 Å². The highest BCUT2D eigenvalue weighted by Gasteiger charge is 2.09. The van der Waals surface area contributed by atoms with E-state index in [1.807, 2.05) is 18.2 Å². The van der Waals surface area contributed by atoms with Crippen molar-refractivity contribution in [3.05, 3.63) is 59.1 Å². The molecule has 0 radical (unpaired) electrons. The number of hydrogen-bond acceptors (Lipinski definition) is 6. The van der Waals surface area contributed by atoms with E-state index in [0.29, 0.717) is 22.1 Å². The molecule has 3 aromatic heterocycles. The zero-order valence-corrected chi connectivity index (χ0v) is 13.6. The van der Waals surface area contributed by atoms with Crippen molar-refractivity contribution in [1.29, 1.82) is 0 Å². The van der Waals surface area contributed by atoms with Gasteiger partial charge in [0.05, 0.1) is 15.4 Å². The molecule has 0 aliphatic heterocycles. The molecule has 0 bridgehead atoms. The summed E-state index contributed by atoms with van der Waals surface area (Å²) in [7, 11) is 0. The fourth-order valence-corrected chi connectivity index (χ4v) is 2.96. The lowest BCUT2D eigenvalue weighted by Gasteiger charge is -2.07. The van der Waals surface area contributed by atoms with E-state index in [0.717, 1.165) is 10.6 Å². The molecule has 1 amide bonds. The van der Waals surface area contributed by atoms with Gasteiger partial charge in [-0.3, -0.25) is 9.59 Å². The molecule has 3 rings (SSSR count). The molecular weight excluding hydrogens is 324 g/mol. The van der Waals surface area contributed by atoms with Crippen molar-refractivity contribution in [3.8, 4) is 10.6 Å². The molecule has 0 atom stereocenters. The quantitative estimate of drug-likeness (QED) is 0.696. The number of Topliss-reactive ketones (excluding diaryl/α,β-unsaturated/α-hetero) is 1. The number of thiophene rings is 1. The Kier molecular flexibility index (Phi) is 4.35. The van der Waals surface area contributed by atoms with Crippen molar-refractivity contribution in [3.63, 3.8) is 0 Å². The molecule has 3 heterocycles. The standard InChI is InChI=1S/C17H14N4O2S/c1-10(22)13-5-6-14(24-13)12-3-2-4-15(20-12)21-16-9-11(17(18)23)7-8-19-16/h2-9H,1H3,(H2,18,23)(H,19,20,21). The van der Waals surface area contributed by atoms with Crippen molar-refractivity contribution in [1.82, 2.24) is 9.97 Å². The SMILES string of the molecule is CC(=O)c1ccc(-c2cccc(Nc3cc(C(N)=O)ccn3)n2)s1. The third-order valence-electron chi connectivity index (χ3n) is 3.26. The Morgan fingerprint density at radius 1 is 1.12 bits per heavy atom. The molecule has 0 spiro atoms. The van der Waals surface area contributed by atoms with Crippen LogP contribution in [0.4, 0.5) is 11.6 Å². The Morgan fingerprint density at radius 3 is 2.67 bits per heavy atom. The molecule has 7 heteroatoms. The van der Waals surface area contributed by atoms with E-state index in [-0.39, 0.29) is 5.78 Å². The van der Waals surface area contributed by atoms with Gasteiger partial charge in [0, 0.05) is 11.8 Å². The predicted molar refractivity (Wildman–Crippen MR) is 93.6 cm³/mol. The highest BCUT2D eigenvalue weighted by atomic mass is 32.1. The van der Waals surface area contributed by atoms with E-state index in [9.17, 15) is 9.59 Å². The second-order valence-corrected chi connectivity index (χ2v) is 6.13. The van der Waals surface area contributed by atoms with Crippen LogP contribution in [0.1, 0.15) is 27.0 Å². The number of aromatic nitrogens is 2. The monoisotopic (exact) mass is 338 g/mol. The Hall–Kier alpha value is -3.06. The Bertz CT molecular complexity index is 920. The van der Waals surface area contributed by atoms with Crippen molar-refractivity contribution in [2.24, 2.45) is 5.73 Å². The number of rotatable bonds is 5. The number of primary amides is 1. The summed E-state index contributed by atoms with van der Waals surface area (Å²) < 4.78 is 0. The third-order valence-corrected chi connectivity index (χ3v) is 4.46. The van der Waals surface area contributed by atoms with Crippen LogP contribution in [0.3, 0.4) is 0 Å². The minimum Gasteiger partial charge on any atom is -0.366 e. The van der Waals surface area contributed by atoms with Gasteiger partial charge in [0.2, 0.25) is 5.91 Å². The number of anilines is 2. The molecule has 0 aliphatic carbocycles. The number of carbonyl (C=O) groups is 2. The number of carbonyl (C=O) groups excluding carboxylic acids is 2. The van der Waals surface area contributed by atoms with Crippen LogP contribution < -0.4 is 11.1 Å². The zero-order valence-electron chi connectivity index (χ0n) is 12.8. The molecule has 0 unspecified atom stereocenters. The number of nitrogens with two attached hydrogens (primary N) is 1. The third kappa shape index (κ3) is 3.47. The van der Waals surface area contributed by atoms with Crippen molar-refractivity contribution >= 4 is 34.7 Å². The van der Waals surface area contributed by atoms with Gasteiger partial charge in [0.25, 0.3) is 0 Å². The van der Waals surface area contributed by atoms with Gasteiger partial charge in [0.15, 0.2) is 5.78 Å². The van der Waals surface area contributed by atoms with Crippen LogP contribution in [-0.4, -0.2) is 21.7 Å². The van der Waals surface area contributed by atoms with Crippen LogP contribution in [-0.2, 0) is 0 Å². The average molecular weight is 338 g/mol. The molecule has 0 saturated heterocycles. The molecule has 120 valence electrons. The number of pyridine rings is 2. The van der Waals surface area contributed by atoms with Gasteiger partial charge >= 0.3 is 0 Å². The summed E-state index contributed by atoms with van der Waals surface area (Å²) in [4.78, 5) is 32.9. The van der Waals surface area contributed by atoms with Crippen LogP contribution in [0.5, 0.6) is 0 Å². The molecule has 0 fully saturated rings. The van der Waals surface area contributed by atoms with Crippen LogP contribution in [0.2, 0.25) is 0 Å². The number of nitrogens with zero attached hydrogens (tertiary/aromatic N) is 2. The van der Waals surface area contributed by atoms with Crippen LogP contribution in [0.15, 0.2) is 48.7 Å². The largest absolute Gasteiger partial charge is 0.366 e. The lowest BCUT2D eigenvalue weighted by molar-refractivity contribution is 0.0996. The normalized spacial score (nSPS) is 10.4. The molecule has 24 heavy (non-hydrogen) atoms. The number of ketones is 1. The maximum atomic E-state index is 11.4. The van der Waals surface area contributed by atoms with Crippen LogP contribution in [0, 0.1) is 0 Å². The van der Waals surface area contributed by atoms with Gasteiger partial charge in [-0.25, -0.2) is 9.97 Å². The maximum Gasteiger partial charge on any atom is 0.248 e. The van der Waals surface area contributed by atoms with Crippen LogP contribution >= 0.6 is 11.3 Å². The summed E-state index contributed by atoms with van der Waals surface area (Å²) in [6, 6.07) is 12.3. The minimum absolute atomic E-state index is 0.0352. The Morgan fingerprint density at radius 2 is 1.96 bits per heavy atom. The lowest BCUT2D eigenvalue weighted by atomic mass is 10.2. The lowest BCUT2D eigenvalue weighted by Crippen LogP contribution is -2.11. The average Bonchev–Trinajstić information content (AvgIpc) is 3.06. The summed E-state index contributed by atoms with van der Waals surface area (Å²) in [5.74, 6) is 0.580. The van der Waals surface area contributed by atoms with Crippen molar-refractivity contribution < 1.29 is 9.59 Å². The molecule has 0 aliphatic rings. The first-order chi connectivity index (χ1) is 11.5. The van der Waals surface area contributed by atoms with Gasteiger partial charge in [-0.15, -0.1) is 11.3 Å². The topological polar surface area (TPSA) is 98.0 Å². The van der Waals surface area contributed by atoms with Gasteiger partial charge in [-0.1, -0.05) is 6.07 Å². The summed E-state index contributed by atoms with van der Waals surface area (Å²) >= 11 is 1.40. The highest BCUT2D eigenvalue weighted by Crippen LogP contribution is 2.28. The summed E-state index contributed by atoms with van der Waals surface area (Å²) in [5, 5.41) is 3.05. The predicted octanol–water partition coefficient (Wildman–Crippen LogP) is 3.25. The van der Waals surface area contributed by atoms with Gasteiger partial charge in [0.1, 0.15) is 11.6 Å². The van der Waals surface area contributed by atoms with Gasteiger partial charge in [-0.05, 0) is 43.3 Å². The fourth-order valence-electron chi connectivity index (χ4n) is 2.09. The Labute approximate surface area is 142 Å². The summed E-state index contributed by atoms with van der Waals surface area (Å²) in [6.45, 7) is 1.54. The second kappa shape index (κ2) is 6.59. The minimum atomic E-state index is -0.516. The number of hydrogen-bond donors (Lipinski definition) is 2. The van der Waals surface area contributed by atoms with E-state index in [1.54, 1.807) is 31.2 Å². The molecule has 0 saturated carbocycles. The zero-order chi connectivity index (χ0) is 17.1. The van der Waals surface area contributed by atoms with Crippen LogP contribution in [0.25, 0.3) is 10.6 Å². The molecule has 3 aromatic rings. The van der Waals surface area contributed by atoms with E-state index in [1.165, 1.54) is 17.5 Å². The van der Waals surface area contributed by atoms with E-state index >= 15 is 0 Å². The summed E-state index contributed by atoms with van der Waals surface area (Å²) in [6.07, 6.45) is 1.50. The molecule has 6 nitrogen and oxygen atoms in total. The number of amides is 1. The van der Waals surface area contributed by atoms with Gasteiger partial charge < -0.3 is 11.1 Å². The molecular formula is C17H14N4O2S. The highest BCUT2D eigenvalue weighted by molar-refractivity contribution is 7.17. The first kappa shape index (κ1) is 15.8. The smallest absolute Gasteiger partial charge is 0.248 e. The first-order valence-corrected chi connectivity index (χ1v) is 7.95. The fraction of sp³-hybridized carbons (Fsp3) is 0.0588. The summed E-state index contributed by atoms with van der Waals surface area (Å²) in [5.41, 5.74) is 6.39. The van der Waals surface area contributed by atoms with Crippen molar-refractivity contribution in [2.45, 2.75) is 6.92 Å². The number of nitrogens with one attached hydrogen (secondary N) is 1. The van der Waals surface area contributed by atoms with Crippen molar-refractivity contribution in [2.75, 3.05) is 5.32 Å².